The van der Waals surface area contributed by atoms with Crippen LogP contribution >= 0.6 is 11.6 Å². The maximum absolute atomic E-state index is 12.0. The third-order valence-electron chi connectivity index (χ3n) is 3.38. The van der Waals surface area contributed by atoms with Gasteiger partial charge in [0.05, 0.1) is 23.4 Å². The summed E-state index contributed by atoms with van der Waals surface area (Å²) in [5.41, 5.74) is 0.546. The van der Waals surface area contributed by atoms with Crippen molar-refractivity contribution in [2.75, 3.05) is 25.0 Å². The molecule has 0 saturated carbocycles. The fourth-order valence-electron chi connectivity index (χ4n) is 2.26. The lowest BCUT2D eigenvalue weighted by Gasteiger charge is -2.23. The van der Waals surface area contributed by atoms with E-state index in [0.717, 1.165) is 19.4 Å². The number of para-hydroxylation sites is 1. The second-order valence-electron chi connectivity index (χ2n) is 5.06. The Labute approximate surface area is 129 Å². The Morgan fingerprint density at radius 2 is 2.19 bits per heavy atom. The van der Waals surface area contributed by atoms with Gasteiger partial charge >= 0.3 is 0 Å². The van der Waals surface area contributed by atoms with E-state index in [1.54, 1.807) is 24.3 Å². The molecule has 2 rings (SSSR count). The topological polar surface area (TPSA) is 58.6 Å². The van der Waals surface area contributed by atoms with Gasteiger partial charge in [-0.2, -0.15) is 0 Å². The number of anilines is 1. The summed E-state index contributed by atoms with van der Waals surface area (Å²) in [7, 11) is 0. The van der Waals surface area contributed by atoms with Gasteiger partial charge in [0.1, 0.15) is 0 Å². The number of amides is 2. The quantitative estimate of drug-likeness (QED) is 0.908. The molecule has 1 atom stereocenters. The van der Waals surface area contributed by atoms with Crippen LogP contribution in [0.1, 0.15) is 19.8 Å². The molecule has 0 spiro atoms. The molecular formula is C15H19ClN2O3. The number of ether oxygens (including phenoxy) is 1. The van der Waals surface area contributed by atoms with Crippen LogP contribution in [0, 0.1) is 0 Å². The summed E-state index contributed by atoms with van der Waals surface area (Å²) >= 11 is 5.99. The minimum absolute atomic E-state index is 0.000413. The average Bonchev–Trinajstić information content (AvgIpc) is 2.93. The highest BCUT2D eigenvalue weighted by molar-refractivity contribution is 6.33. The van der Waals surface area contributed by atoms with Crippen LogP contribution in [-0.2, 0) is 14.3 Å². The van der Waals surface area contributed by atoms with Crippen molar-refractivity contribution in [2.45, 2.75) is 25.9 Å². The number of carbonyl (C=O) groups excluding carboxylic acids is 2. The van der Waals surface area contributed by atoms with E-state index in [1.807, 2.05) is 0 Å². The number of nitrogens with zero attached hydrogens (tertiary/aromatic N) is 1. The van der Waals surface area contributed by atoms with Gasteiger partial charge in [0.15, 0.2) is 0 Å². The standard InChI is InChI=1S/C15H19ClN2O3/c1-11(19)18(9-12-5-4-8-21-12)10-15(20)17-14-7-3-2-6-13(14)16/h2-3,6-7,12H,4-5,8-10H2,1H3,(H,17,20). The zero-order valence-electron chi connectivity index (χ0n) is 12.0. The van der Waals surface area contributed by atoms with Crippen LogP contribution in [0.15, 0.2) is 24.3 Å². The number of nitrogens with one attached hydrogen (secondary N) is 1. The summed E-state index contributed by atoms with van der Waals surface area (Å²) in [6.45, 7) is 2.63. The molecule has 1 heterocycles. The van der Waals surface area contributed by atoms with Gasteiger partial charge in [-0.05, 0) is 25.0 Å². The Bertz CT molecular complexity index is 515. The first kappa shape index (κ1) is 15.8. The average molecular weight is 311 g/mol. The van der Waals surface area contributed by atoms with Crippen molar-refractivity contribution < 1.29 is 14.3 Å². The first-order valence-electron chi connectivity index (χ1n) is 6.98. The van der Waals surface area contributed by atoms with E-state index in [9.17, 15) is 9.59 Å². The second kappa shape index (κ2) is 7.43. The molecule has 1 aromatic carbocycles. The number of rotatable bonds is 5. The maximum atomic E-state index is 12.0. The van der Waals surface area contributed by atoms with E-state index in [1.165, 1.54) is 11.8 Å². The lowest BCUT2D eigenvalue weighted by Crippen LogP contribution is -2.41. The molecule has 1 aromatic rings. The fourth-order valence-corrected chi connectivity index (χ4v) is 2.45. The Kier molecular flexibility index (Phi) is 5.59. The molecule has 0 bridgehead atoms. The highest BCUT2D eigenvalue weighted by atomic mass is 35.5. The number of hydrogen-bond acceptors (Lipinski definition) is 3. The summed E-state index contributed by atoms with van der Waals surface area (Å²) in [4.78, 5) is 25.2. The van der Waals surface area contributed by atoms with Gasteiger partial charge in [0, 0.05) is 20.1 Å². The van der Waals surface area contributed by atoms with Crippen molar-refractivity contribution in [1.29, 1.82) is 0 Å². The Balaban J connectivity index is 1.91. The molecule has 1 unspecified atom stereocenters. The van der Waals surface area contributed by atoms with Crippen molar-refractivity contribution in [3.05, 3.63) is 29.3 Å². The van der Waals surface area contributed by atoms with Crippen LogP contribution in [0.25, 0.3) is 0 Å². The van der Waals surface area contributed by atoms with Crippen molar-refractivity contribution in [2.24, 2.45) is 0 Å². The molecule has 1 N–H and O–H groups in total. The van der Waals surface area contributed by atoms with Crippen LogP contribution in [0.5, 0.6) is 0 Å². The summed E-state index contributed by atoms with van der Waals surface area (Å²) in [5, 5.41) is 3.19. The first-order chi connectivity index (χ1) is 10.1. The van der Waals surface area contributed by atoms with E-state index < -0.39 is 0 Å². The van der Waals surface area contributed by atoms with Crippen LogP contribution in [0.3, 0.4) is 0 Å². The van der Waals surface area contributed by atoms with Crippen LogP contribution in [-0.4, -0.2) is 42.5 Å². The molecule has 6 heteroatoms. The SMILES string of the molecule is CC(=O)N(CC(=O)Nc1ccccc1Cl)CC1CCCO1. The minimum Gasteiger partial charge on any atom is -0.376 e. The number of carbonyl (C=O) groups is 2. The van der Waals surface area contributed by atoms with Crippen molar-refractivity contribution >= 4 is 29.1 Å². The molecule has 1 aliphatic heterocycles. The predicted molar refractivity (Wildman–Crippen MR) is 81.3 cm³/mol. The van der Waals surface area contributed by atoms with Gasteiger partial charge < -0.3 is 15.0 Å². The molecule has 1 aliphatic rings. The summed E-state index contributed by atoms with van der Waals surface area (Å²) in [6.07, 6.45) is 1.96. The molecular weight excluding hydrogens is 292 g/mol. The molecule has 5 nitrogen and oxygen atoms in total. The Hall–Kier alpha value is -1.59. The molecule has 0 aliphatic carbocycles. The molecule has 2 amide bonds. The molecule has 0 radical (unpaired) electrons. The van der Waals surface area contributed by atoms with Gasteiger partial charge in [-0.1, -0.05) is 23.7 Å². The first-order valence-corrected chi connectivity index (χ1v) is 7.35. The third-order valence-corrected chi connectivity index (χ3v) is 3.71. The minimum atomic E-state index is -0.267. The monoisotopic (exact) mass is 310 g/mol. The smallest absolute Gasteiger partial charge is 0.244 e. The molecule has 1 saturated heterocycles. The zero-order valence-corrected chi connectivity index (χ0v) is 12.7. The van der Waals surface area contributed by atoms with E-state index in [-0.39, 0.29) is 24.5 Å². The van der Waals surface area contributed by atoms with Crippen LogP contribution < -0.4 is 5.32 Å². The van der Waals surface area contributed by atoms with Gasteiger partial charge in [0.25, 0.3) is 0 Å². The van der Waals surface area contributed by atoms with Crippen LogP contribution in [0.2, 0.25) is 5.02 Å². The number of hydrogen-bond donors (Lipinski definition) is 1. The van der Waals surface area contributed by atoms with Crippen molar-refractivity contribution in [1.82, 2.24) is 4.90 Å². The summed E-state index contributed by atoms with van der Waals surface area (Å²) in [5.74, 6) is -0.406. The lowest BCUT2D eigenvalue weighted by molar-refractivity contribution is -0.134. The van der Waals surface area contributed by atoms with E-state index >= 15 is 0 Å². The molecule has 0 aromatic heterocycles. The van der Waals surface area contributed by atoms with Gasteiger partial charge in [-0.15, -0.1) is 0 Å². The molecule has 1 fully saturated rings. The highest BCUT2D eigenvalue weighted by Crippen LogP contribution is 2.20. The summed E-state index contributed by atoms with van der Waals surface area (Å²) in [6, 6.07) is 7.00. The van der Waals surface area contributed by atoms with Crippen molar-refractivity contribution in [3.8, 4) is 0 Å². The molecule has 21 heavy (non-hydrogen) atoms. The maximum Gasteiger partial charge on any atom is 0.244 e. The number of benzene rings is 1. The summed E-state index contributed by atoms with van der Waals surface area (Å²) < 4.78 is 5.51. The third kappa shape index (κ3) is 4.72. The lowest BCUT2D eigenvalue weighted by atomic mass is 10.2. The number of halogens is 1. The highest BCUT2D eigenvalue weighted by Gasteiger charge is 2.22. The van der Waals surface area contributed by atoms with E-state index in [0.29, 0.717) is 17.3 Å². The second-order valence-corrected chi connectivity index (χ2v) is 5.47. The predicted octanol–water partition coefficient (Wildman–Crippen LogP) is 2.31. The van der Waals surface area contributed by atoms with Gasteiger partial charge in [-0.25, -0.2) is 0 Å². The van der Waals surface area contributed by atoms with Crippen LogP contribution in [0.4, 0.5) is 5.69 Å². The van der Waals surface area contributed by atoms with Crippen molar-refractivity contribution in [3.63, 3.8) is 0 Å². The molecule has 114 valence electrons. The Morgan fingerprint density at radius 3 is 2.81 bits per heavy atom. The zero-order chi connectivity index (χ0) is 15.2. The largest absolute Gasteiger partial charge is 0.376 e. The van der Waals surface area contributed by atoms with E-state index in [2.05, 4.69) is 5.32 Å². The van der Waals surface area contributed by atoms with E-state index in [4.69, 9.17) is 16.3 Å². The Morgan fingerprint density at radius 1 is 1.43 bits per heavy atom. The van der Waals surface area contributed by atoms with Gasteiger partial charge in [-0.3, -0.25) is 9.59 Å². The normalized spacial score (nSPS) is 17.5. The van der Waals surface area contributed by atoms with Gasteiger partial charge in [0.2, 0.25) is 11.8 Å². The fraction of sp³-hybridized carbons (Fsp3) is 0.467.